The van der Waals surface area contributed by atoms with Crippen molar-refractivity contribution in [3.8, 4) is 11.4 Å². The fraction of sp³-hybridized carbons (Fsp3) is 0.526. The number of piperidine rings is 1. The highest BCUT2D eigenvalue weighted by Crippen LogP contribution is 2.28. The Morgan fingerprint density at radius 2 is 2.12 bits per heavy atom. The van der Waals surface area contributed by atoms with E-state index in [1.807, 2.05) is 4.90 Å². The van der Waals surface area contributed by atoms with Crippen LogP contribution < -0.4 is 5.32 Å². The zero-order valence-electron chi connectivity index (χ0n) is 14.7. The molecular formula is C19H23FN4O2. The molecule has 1 aromatic heterocycles. The molecule has 2 atom stereocenters. The number of rotatable bonds is 4. The van der Waals surface area contributed by atoms with Crippen LogP contribution in [0.2, 0.25) is 0 Å². The maximum absolute atomic E-state index is 13.1. The van der Waals surface area contributed by atoms with Gasteiger partial charge in [0.1, 0.15) is 5.82 Å². The van der Waals surface area contributed by atoms with Crippen LogP contribution in [0.5, 0.6) is 0 Å². The highest BCUT2D eigenvalue weighted by atomic mass is 19.1. The van der Waals surface area contributed by atoms with Gasteiger partial charge in [0, 0.05) is 31.1 Å². The van der Waals surface area contributed by atoms with Gasteiger partial charge in [-0.15, -0.1) is 0 Å². The number of amides is 1. The summed E-state index contributed by atoms with van der Waals surface area (Å²) >= 11 is 0. The number of hydrogen-bond acceptors (Lipinski definition) is 5. The normalized spacial score (nSPS) is 23.3. The van der Waals surface area contributed by atoms with Crippen molar-refractivity contribution in [3.05, 3.63) is 36.0 Å². The Labute approximate surface area is 151 Å². The molecule has 2 aliphatic rings. The van der Waals surface area contributed by atoms with Crippen molar-refractivity contribution >= 4 is 5.91 Å². The zero-order valence-corrected chi connectivity index (χ0v) is 14.7. The number of aromatic nitrogens is 2. The Kier molecular flexibility index (Phi) is 4.97. The van der Waals surface area contributed by atoms with E-state index in [9.17, 15) is 9.18 Å². The molecule has 2 aromatic rings. The summed E-state index contributed by atoms with van der Waals surface area (Å²) in [6, 6.07) is 6.34. The Balaban J connectivity index is 1.41. The molecule has 1 amide bonds. The minimum absolute atomic E-state index is 0.0611. The predicted molar refractivity (Wildman–Crippen MR) is 93.9 cm³/mol. The lowest BCUT2D eigenvalue weighted by Crippen LogP contribution is -2.41. The van der Waals surface area contributed by atoms with E-state index in [0.717, 1.165) is 44.3 Å². The highest BCUT2D eigenvalue weighted by Gasteiger charge is 2.30. The molecule has 1 aromatic carbocycles. The van der Waals surface area contributed by atoms with Gasteiger partial charge in [-0.2, -0.15) is 4.98 Å². The molecule has 4 rings (SSSR count). The topological polar surface area (TPSA) is 71.3 Å². The van der Waals surface area contributed by atoms with Crippen LogP contribution in [-0.2, 0) is 4.79 Å². The zero-order chi connectivity index (χ0) is 17.9. The number of carbonyl (C=O) groups is 1. The standard InChI is InChI=1S/C19H23FN4O2/c20-15-7-5-13(6-8-15)18-22-19(26-23-18)14-3-2-10-24(12-14)17(25)11-16-4-1-9-21-16/h5-8,14,16,21H,1-4,9-12H2. The van der Waals surface area contributed by atoms with Crippen molar-refractivity contribution in [2.75, 3.05) is 19.6 Å². The number of benzene rings is 1. The van der Waals surface area contributed by atoms with E-state index in [4.69, 9.17) is 4.52 Å². The van der Waals surface area contributed by atoms with Gasteiger partial charge in [0.25, 0.3) is 0 Å². The van der Waals surface area contributed by atoms with Crippen molar-refractivity contribution < 1.29 is 13.7 Å². The maximum atomic E-state index is 13.1. The lowest BCUT2D eigenvalue weighted by molar-refractivity contribution is -0.133. The summed E-state index contributed by atoms with van der Waals surface area (Å²) < 4.78 is 18.5. The maximum Gasteiger partial charge on any atom is 0.231 e. The van der Waals surface area contributed by atoms with Gasteiger partial charge in [-0.25, -0.2) is 4.39 Å². The Hall–Kier alpha value is -2.28. The fourth-order valence-electron chi connectivity index (χ4n) is 3.79. The molecule has 2 unspecified atom stereocenters. The van der Waals surface area contributed by atoms with E-state index in [0.29, 0.717) is 30.7 Å². The van der Waals surface area contributed by atoms with Gasteiger partial charge < -0.3 is 14.7 Å². The van der Waals surface area contributed by atoms with Crippen LogP contribution in [0.3, 0.4) is 0 Å². The third-order valence-corrected chi connectivity index (χ3v) is 5.25. The second kappa shape index (κ2) is 7.53. The molecule has 0 radical (unpaired) electrons. The van der Waals surface area contributed by atoms with Crippen molar-refractivity contribution in [3.63, 3.8) is 0 Å². The summed E-state index contributed by atoms with van der Waals surface area (Å²) in [4.78, 5) is 19.0. The molecule has 2 saturated heterocycles. The number of likely N-dealkylation sites (tertiary alicyclic amines) is 1. The molecule has 1 N–H and O–H groups in total. The largest absolute Gasteiger partial charge is 0.342 e. The van der Waals surface area contributed by atoms with E-state index in [1.165, 1.54) is 12.1 Å². The molecule has 2 fully saturated rings. The van der Waals surface area contributed by atoms with Crippen molar-refractivity contribution in [2.24, 2.45) is 0 Å². The monoisotopic (exact) mass is 358 g/mol. The molecular weight excluding hydrogens is 335 g/mol. The summed E-state index contributed by atoms with van der Waals surface area (Å²) in [5, 5.41) is 7.40. The summed E-state index contributed by atoms with van der Waals surface area (Å²) in [5.41, 5.74) is 0.720. The molecule has 0 bridgehead atoms. The number of halogens is 1. The third-order valence-electron chi connectivity index (χ3n) is 5.25. The van der Waals surface area contributed by atoms with E-state index in [1.54, 1.807) is 12.1 Å². The molecule has 3 heterocycles. The average Bonchev–Trinajstić information content (AvgIpc) is 3.34. The van der Waals surface area contributed by atoms with Gasteiger partial charge in [0.15, 0.2) is 0 Å². The SMILES string of the molecule is O=C(CC1CCCN1)N1CCCC(c2nc(-c3ccc(F)cc3)no2)C1. The molecule has 0 aliphatic carbocycles. The first-order valence-corrected chi connectivity index (χ1v) is 9.30. The number of nitrogens with one attached hydrogen (secondary N) is 1. The molecule has 7 heteroatoms. The molecule has 2 aliphatic heterocycles. The molecule has 6 nitrogen and oxygen atoms in total. The van der Waals surface area contributed by atoms with Gasteiger partial charge in [0.2, 0.25) is 17.6 Å². The van der Waals surface area contributed by atoms with Crippen LogP contribution in [-0.4, -0.2) is 46.6 Å². The van der Waals surface area contributed by atoms with Gasteiger partial charge in [-0.1, -0.05) is 5.16 Å². The van der Waals surface area contributed by atoms with Gasteiger partial charge in [-0.3, -0.25) is 4.79 Å². The van der Waals surface area contributed by atoms with E-state index < -0.39 is 0 Å². The van der Waals surface area contributed by atoms with Crippen LogP contribution in [0.4, 0.5) is 4.39 Å². The van der Waals surface area contributed by atoms with Crippen LogP contribution in [0.15, 0.2) is 28.8 Å². The van der Waals surface area contributed by atoms with Crippen LogP contribution in [0.25, 0.3) is 11.4 Å². The second-order valence-electron chi connectivity index (χ2n) is 7.14. The summed E-state index contributed by atoms with van der Waals surface area (Å²) in [5.74, 6) is 0.980. The Morgan fingerprint density at radius 1 is 1.27 bits per heavy atom. The number of hydrogen-bond donors (Lipinski definition) is 1. The molecule has 26 heavy (non-hydrogen) atoms. The van der Waals surface area contributed by atoms with Crippen LogP contribution >= 0.6 is 0 Å². The second-order valence-corrected chi connectivity index (χ2v) is 7.14. The minimum atomic E-state index is -0.296. The lowest BCUT2D eigenvalue weighted by Gasteiger charge is -2.31. The quantitative estimate of drug-likeness (QED) is 0.910. The van der Waals surface area contributed by atoms with Gasteiger partial charge in [0.05, 0.1) is 5.92 Å². The summed E-state index contributed by atoms with van der Waals surface area (Å²) in [6.45, 7) is 2.42. The predicted octanol–water partition coefficient (Wildman–Crippen LogP) is 2.72. The number of carbonyl (C=O) groups excluding carboxylic acids is 1. The Morgan fingerprint density at radius 3 is 2.88 bits per heavy atom. The van der Waals surface area contributed by atoms with E-state index >= 15 is 0 Å². The van der Waals surface area contributed by atoms with Gasteiger partial charge in [-0.05, 0) is 56.5 Å². The fourth-order valence-corrected chi connectivity index (χ4v) is 3.79. The van der Waals surface area contributed by atoms with E-state index in [-0.39, 0.29) is 17.6 Å². The summed E-state index contributed by atoms with van der Waals surface area (Å²) in [6.07, 6.45) is 4.65. The average molecular weight is 358 g/mol. The first kappa shape index (κ1) is 17.1. The first-order chi connectivity index (χ1) is 12.7. The smallest absolute Gasteiger partial charge is 0.231 e. The van der Waals surface area contributed by atoms with Crippen LogP contribution in [0.1, 0.15) is 43.9 Å². The highest BCUT2D eigenvalue weighted by molar-refractivity contribution is 5.77. The lowest BCUT2D eigenvalue weighted by atomic mass is 9.97. The molecule has 138 valence electrons. The third kappa shape index (κ3) is 3.77. The Bertz CT molecular complexity index is 755. The first-order valence-electron chi connectivity index (χ1n) is 9.30. The molecule has 0 saturated carbocycles. The van der Waals surface area contributed by atoms with Gasteiger partial charge >= 0.3 is 0 Å². The molecule has 0 spiro atoms. The van der Waals surface area contributed by atoms with Crippen molar-refractivity contribution in [1.82, 2.24) is 20.4 Å². The summed E-state index contributed by atoms with van der Waals surface area (Å²) in [7, 11) is 0. The van der Waals surface area contributed by atoms with Crippen molar-refractivity contribution in [2.45, 2.75) is 44.1 Å². The van der Waals surface area contributed by atoms with Crippen molar-refractivity contribution in [1.29, 1.82) is 0 Å². The number of nitrogens with zero attached hydrogens (tertiary/aromatic N) is 3. The van der Waals surface area contributed by atoms with E-state index in [2.05, 4.69) is 15.5 Å². The minimum Gasteiger partial charge on any atom is -0.342 e. The van der Waals surface area contributed by atoms with Crippen LogP contribution in [0, 0.1) is 5.82 Å².